The summed E-state index contributed by atoms with van der Waals surface area (Å²) in [5, 5.41) is 0. The van der Waals surface area contributed by atoms with Crippen LogP contribution in [0.5, 0.6) is 11.5 Å². The lowest BCUT2D eigenvalue weighted by atomic mass is 10.1. The average molecular weight is 401 g/mol. The zero-order chi connectivity index (χ0) is 20.8. The second-order valence-electron chi connectivity index (χ2n) is 6.02. The van der Waals surface area contributed by atoms with E-state index >= 15 is 0 Å². The van der Waals surface area contributed by atoms with Gasteiger partial charge in [0.1, 0.15) is 5.75 Å². The Morgan fingerprint density at radius 3 is 2.62 bits per heavy atom. The number of rotatable bonds is 8. The van der Waals surface area contributed by atoms with Gasteiger partial charge in [-0.15, -0.1) is 0 Å². The number of aromatic nitrogens is 3. The van der Waals surface area contributed by atoms with Crippen molar-refractivity contribution < 1.29 is 28.0 Å². The summed E-state index contributed by atoms with van der Waals surface area (Å²) in [5.41, 5.74) is 7.97. The molecule has 1 amide bonds. The van der Waals surface area contributed by atoms with E-state index in [1.165, 1.54) is 24.5 Å². The van der Waals surface area contributed by atoms with Gasteiger partial charge in [-0.05, 0) is 36.8 Å². The number of H-pyrrole nitrogens is 1. The molecule has 3 aromatic rings. The number of aromatic amines is 1. The molecule has 0 fully saturated rings. The molecular weight excluding hydrogens is 382 g/mol. The van der Waals surface area contributed by atoms with Gasteiger partial charge in [0.05, 0.1) is 18.6 Å². The normalized spacial score (nSPS) is 10.8. The monoisotopic (exact) mass is 401 g/mol. The molecule has 29 heavy (non-hydrogen) atoms. The summed E-state index contributed by atoms with van der Waals surface area (Å²) in [4.78, 5) is 22.2. The van der Waals surface area contributed by atoms with Crippen molar-refractivity contribution >= 4 is 5.91 Å². The van der Waals surface area contributed by atoms with Crippen LogP contribution >= 0.6 is 0 Å². The molecule has 0 aliphatic heterocycles. The minimum Gasteiger partial charge on any atom is -0.487 e. The number of benzene rings is 1. The summed E-state index contributed by atoms with van der Waals surface area (Å²) in [6, 6.07) is 9.99. The van der Waals surface area contributed by atoms with Crippen molar-refractivity contribution in [2.45, 2.75) is 20.0 Å². The molecule has 0 radical (unpaired) electrons. The van der Waals surface area contributed by atoms with Gasteiger partial charge in [0.2, 0.25) is 5.82 Å². The van der Waals surface area contributed by atoms with Crippen molar-refractivity contribution in [3.05, 3.63) is 65.9 Å². The van der Waals surface area contributed by atoms with Crippen LogP contribution in [0.3, 0.4) is 0 Å². The van der Waals surface area contributed by atoms with Crippen molar-refractivity contribution in [1.82, 2.24) is 9.97 Å². The summed E-state index contributed by atoms with van der Waals surface area (Å²) in [6.07, 6.45) is 3.49. The number of nitrogens with two attached hydrogens (primary N) is 1. The van der Waals surface area contributed by atoms with E-state index in [2.05, 4.69) is 19.7 Å². The van der Waals surface area contributed by atoms with Crippen LogP contribution in [0.4, 0.5) is 8.78 Å². The van der Waals surface area contributed by atoms with Gasteiger partial charge in [0.25, 0.3) is 11.6 Å². The molecular formula is C20H19F2N4O3+. The Labute approximate surface area is 165 Å². The smallest absolute Gasteiger partial charge is 0.387 e. The third-order valence-electron chi connectivity index (χ3n) is 3.94. The first-order chi connectivity index (χ1) is 14.0. The maximum Gasteiger partial charge on any atom is 0.387 e. The fourth-order valence-corrected chi connectivity index (χ4v) is 2.74. The molecule has 150 valence electrons. The van der Waals surface area contributed by atoms with E-state index in [-0.39, 0.29) is 11.6 Å². The number of nitrogens with one attached hydrogen (secondary N) is 1. The summed E-state index contributed by atoms with van der Waals surface area (Å²) in [6.45, 7) is -0.614. The molecule has 7 nitrogen and oxygen atoms in total. The van der Waals surface area contributed by atoms with Gasteiger partial charge in [-0.2, -0.15) is 8.78 Å². The third kappa shape index (κ3) is 5.22. The van der Waals surface area contributed by atoms with Crippen LogP contribution < -0.4 is 20.2 Å². The summed E-state index contributed by atoms with van der Waals surface area (Å²) >= 11 is 0. The highest BCUT2D eigenvalue weighted by molar-refractivity contribution is 5.88. The van der Waals surface area contributed by atoms with E-state index in [0.29, 0.717) is 30.0 Å². The third-order valence-corrected chi connectivity index (χ3v) is 3.94. The Morgan fingerprint density at radius 2 is 1.97 bits per heavy atom. The SMILES string of the molecule is CCOc1ccc(Cc2cnc(C(N)=O)nc2)[nH+]c1-c1cccc(OC(F)F)c1. The number of ether oxygens (including phenoxy) is 2. The van der Waals surface area contributed by atoms with Gasteiger partial charge in [-0.3, -0.25) is 4.79 Å². The number of amides is 1. The van der Waals surface area contributed by atoms with E-state index in [1.54, 1.807) is 18.2 Å². The van der Waals surface area contributed by atoms with Crippen LogP contribution in [0.15, 0.2) is 48.8 Å². The van der Waals surface area contributed by atoms with Crippen LogP contribution in [-0.2, 0) is 6.42 Å². The van der Waals surface area contributed by atoms with Crippen LogP contribution in [0.25, 0.3) is 11.3 Å². The van der Waals surface area contributed by atoms with Crippen LogP contribution in [0.2, 0.25) is 0 Å². The molecule has 0 saturated carbocycles. The number of alkyl halides is 2. The highest BCUT2D eigenvalue weighted by Crippen LogP contribution is 2.29. The Hall–Kier alpha value is -3.62. The van der Waals surface area contributed by atoms with Crippen molar-refractivity contribution in [2.24, 2.45) is 5.73 Å². The van der Waals surface area contributed by atoms with E-state index in [0.717, 1.165) is 11.3 Å². The molecule has 1 aromatic carbocycles. The van der Waals surface area contributed by atoms with Gasteiger partial charge in [0.15, 0.2) is 11.4 Å². The standard InChI is InChI=1S/C20H18F2N4O3/c1-2-28-16-7-6-14(8-12-10-24-19(18(23)27)25-11-12)26-17(16)13-4-3-5-15(9-13)29-20(21)22/h3-7,9-11,20H,2,8H2,1H3,(H2,23,27)/p+1. The second kappa shape index (κ2) is 9.05. The van der Waals surface area contributed by atoms with Gasteiger partial charge < -0.3 is 15.2 Å². The number of primary amides is 1. The molecule has 0 bridgehead atoms. The fourth-order valence-electron chi connectivity index (χ4n) is 2.74. The lowest BCUT2D eigenvalue weighted by molar-refractivity contribution is -0.377. The molecule has 0 spiro atoms. The average Bonchev–Trinajstić information content (AvgIpc) is 2.69. The number of pyridine rings is 1. The number of carbonyl (C=O) groups excluding carboxylic acids is 1. The van der Waals surface area contributed by atoms with E-state index < -0.39 is 12.5 Å². The number of hydrogen-bond donors (Lipinski definition) is 1. The summed E-state index contributed by atoms with van der Waals surface area (Å²) < 4.78 is 35.2. The molecule has 0 unspecified atom stereocenters. The van der Waals surface area contributed by atoms with Crippen molar-refractivity contribution in [3.63, 3.8) is 0 Å². The fraction of sp³-hybridized carbons (Fsp3) is 0.200. The second-order valence-corrected chi connectivity index (χ2v) is 6.02. The van der Waals surface area contributed by atoms with Crippen molar-refractivity contribution in [1.29, 1.82) is 0 Å². The number of carbonyl (C=O) groups is 1. The maximum absolute atomic E-state index is 12.5. The largest absolute Gasteiger partial charge is 0.487 e. The summed E-state index contributed by atoms with van der Waals surface area (Å²) in [5.74, 6) is -0.127. The molecule has 0 saturated heterocycles. The van der Waals surface area contributed by atoms with Crippen molar-refractivity contribution in [3.8, 4) is 22.8 Å². The van der Waals surface area contributed by atoms with Crippen molar-refractivity contribution in [2.75, 3.05) is 6.61 Å². The van der Waals surface area contributed by atoms with Gasteiger partial charge in [0, 0.05) is 18.5 Å². The molecule has 0 atom stereocenters. The zero-order valence-electron chi connectivity index (χ0n) is 15.6. The summed E-state index contributed by atoms with van der Waals surface area (Å²) in [7, 11) is 0. The maximum atomic E-state index is 12.5. The van der Waals surface area contributed by atoms with Gasteiger partial charge in [-0.1, -0.05) is 6.07 Å². The Kier molecular flexibility index (Phi) is 6.28. The number of halogens is 2. The molecule has 2 aromatic heterocycles. The molecule has 0 aliphatic carbocycles. The first kappa shape index (κ1) is 20.1. The predicted molar refractivity (Wildman–Crippen MR) is 99.6 cm³/mol. The lowest BCUT2D eigenvalue weighted by Crippen LogP contribution is -2.18. The lowest BCUT2D eigenvalue weighted by Gasteiger charge is -2.09. The first-order valence-electron chi connectivity index (χ1n) is 8.80. The quantitative estimate of drug-likeness (QED) is 0.625. The minimum atomic E-state index is -2.91. The molecule has 2 heterocycles. The highest BCUT2D eigenvalue weighted by Gasteiger charge is 2.18. The van der Waals surface area contributed by atoms with Crippen LogP contribution in [0, 0.1) is 0 Å². The zero-order valence-corrected chi connectivity index (χ0v) is 15.6. The minimum absolute atomic E-state index is 0.0502. The topological polar surface area (TPSA) is 101 Å². The van der Waals surface area contributed by atoms with E-state index in [1.807, 2.05) is 13.0 Å². The van der Waals surface area contributed by atoms with E-state index in [9.17, 15) is 13.6 Å². The molecule has 0 aliphatic rings. The van der Waals surface area contributed by atoms with Crippen LogP contribution in [-0.4, -0.2) is 29.1 Å². The number of hydrogen-bond acceptors (Lipinski definition) is 5. The number of nitrogens with zero attached hydrogens (tertiary/aromatic N) is 2. The highest BCUT2D eigenvalue weighted by atomic mass is 19.3. The van der Waals surface area contributed by atoms with E-state index in [4.69, 9.17) is 10.5 Å². The Bertz CT molecular complexity index is 997. The Morgan fingerprint density at radius 1 is 1.21 bits per heavy atom. The van der Waals surface area contributed by atoms with Crippen LogP contribution in [0.1, 0.15) is 28.8 Å². The van der Waals surface area contributed by atoms with Gasteiger partial charge >= 0.3 is 6.61 Å². The Balaban J connectivity index is 1.92. The van der Waals surface area contributed by atoms with Gasteiger partial charge in [-0.25, -0.2) is 15.0 Å². The molecule has 3 rings (SSSR count). The predicted octanol–water partition coefficient (Wildman–Crippen LogP) is 2.65. The molecule has 9 heteroatoms. The first-order valence-corrected chi connectivity index (χ1v) is 8.80. The molecule has 3 N–H and O–H groups in total.